The van der Waals surface area contributed by atoms with E-state index < -0.39 is 39.3 Å². The predicted molar refractivity (Wildman–Crippen MR) is 193 cm³/mol. The monoisotopic (exact) mass is 698 g/mol. The van der Waals surface area contributed by atoms with Crippen molar-refractivity contribution in [1.82, 2.24) is 19.4 Å². The number of alkyl carbamates (subject to hydrolysis) is 1. The fourth-order valence-corrected chi connectivity index (χ4v) is 6.39. The van der Waals surface area contributed by atoms with Crippen LogP contribution in [-0.2, 0) is 37.2 Å². The highest BCUT2D eigenvalue weighted by molar-refractivity contribution is 7.88. The molecule has 0 saturated carbocycles. The van der Waals surface area contributed by atoms with Crippen LogP contribution in [0.3, 0.4) is 0 Å². The van der Waals surface area contributed by atoms with E-state index in [1.165, 1.54) is 22.3 Å². The number of thiophene rings is 1. The zero-order valence-electron chi connectivity index (χ0n) is 29.5. The van der Waals surface area contributed by atoms with Crippen LogP contribution in [-0.4, -0.2) is 97.6 Å². The summed E-state index contributed by atoms with van der Waals surface area (Å²) >= 11 is 1.54. The van der Waals surface area contributed by atoms with Gasteiger partial charge in [0.1, 0.15) is 11.6 Å². The third-order valence-corrected chi connectivity index (χ3v) is 10.2. The Labute approximate surface area is 289 Å². The molecule has 3 rings (SSSR count). The normalized spacial score (nSPS) is 13.8. The molecular weight excluding hydrogens is 649 g/mol. The van der Waals surface area contributed by atoms with E-state index in [1.807, 2.05) is 73.8 Å². The summed E-state index contributed by atoms with van der Waals surface area (Å²) in [4.78, 5) is 44.4. The number of carbonyl (C=O) groups excluding carboxylic acids is 3. The molecule has 0 radical (unpaired) electrons. The molecule has 12 heteroatoms. The highest BCUT2D eigenvalue weighted by atomic mass is 32.2. The molecule has 48 heavy (non-hydrogen) atoms. The smallest absolute Gasteiger partial charge is 0.408 e. The largest absolute Gasteiger partial charge is 0.444 e. The lowest BCUT2D eigenvalue weighted by atomic mass is 9.99. The van der Waals surface area contributed by atoms with Crippen molar-refractivity contribution in [2.24, 2.45) is 0 Å². The number of rotatable bonds is 14. The topological polar surface area (TPSA) is 116 Å². The van der Waals surface area contributed by atoms with Gasteiger partial charge in [-0.25, -0.2) is 17.5 Å². The maximum Gasteiger partial charge on any atom is 0.408 e. The fourth-order valence-electron chi connectivity index (χ4n) is 5.17. The van der Waals surface area contributed by atoms with Crippen molar-refractivity contribution in [3.63, 3.8) is 0 Å². The average Bonchev–Trinajstić information content (AvgIpc) is 3.49. The summed E-state index contributed by atoms with van der Waals surface area (Å²) in [6.45, 7) is 9.12. The molecule has 2 aromatic carbocycles. The molecule has 10 nitrogen and oxygen atoms in total. The van der Waals surface area contributed by atoms with Gasteiger partial charge < -0.3 is 19.9 Å². The van der Waals surface area contributed by atoms with Crippen LogP contribution in [0.25, 0.3) is 10.8 Å². The number of amides is 3. The number of nitrogens with one attached hydrogen (secondary N) is 1. The molecular formula is C36H50N4O6S2. The maximum atomic E-state index is 14.4. The average molecular weight is 699 g/mol. The van der Waals surface area contributed by atoms with Gasteiger partial charge in [0.15, 0.2) is 0 Å². The number of hydrogen-bond donors (Lipinski definition) is 1. The minimum Gasteiger partial charge on any atom is -0.444 e. The van der Waals surface area contributed by atoms with Gasteiger partial charge in [-0.05, 0) is 74.9 Å². The molecule has 3 amide bonds. The van der Waals surface area contributed by atoms with Crippen LogP contribution in [0.2, 0.25) is 0 Å². The first-order valence-corrected chi connectivity index (χ1v) is 18.6. The molecule has 0 aliphatic rings. The van der Waals surface area contributed by atoms with E-state index in [0.29, 0.717) is 12.8 Å². The Morgan fingerprint density at radius 1 is 0.917 bits per heavy atom. The second-order valence-corrected chi connectivity index (χ2v) is 17.0. The number of fused-ring (bicyclic) bond motifs is 1. The third-order valence-electron chi connectivity index (χ3n) is 8.02. The van der Waals surface area contributed by atoms with Crippen LogP contribution in [0, 0.1) is 0 Å². The quantitative estimate of drug-likeness (QED) is 0.223. The van der Waals surface area contributed by atoms with Crippen LogP contribution >= 0.6 is 11.3 Å². The van der Waals surface area contributed by atoms with Gasteiger partial charge in [-0.2, -0.15) is 0 Å². The van der Waals surface area contributed by atoms with Gasteiger partial charge >= 0.3 is 6.09 Å². The third kappa shape index (κ3) is 11.7. The Morgan fingerprint density at radius 2 is 1.58 bits per heavy atom. The molecule has 1 aromatic heterocycles. The van der Waals surface area contributed by atoms with Gasteiger partial charge in [0.2, 0.25) is 21.8 Å². The first-order chi connectivity index (χ1) is 22.3. The van der Waals surface area contributed by atoms with E-state index in [0.717, 1.165) is 27.5 Å². The second-order valence-electron chi connectivity index (χ2n) is 13.9. The summed E-state index contributed by atoms with van der Waals surface area (Å²) in [5, 5.41) is 6.86. The van der Waals surface area contributed by atoms with Crippen molar-refractivity contribution in [3.05, 3.63) is 82.6 Å². The summed E-state index contributed by atoms with van der Waals surface area (Å²) in [6, 6.07) is 16.4. The minimum absolute atomic E-state index is 0.0962. The van der Waals surface area contributed by atoms with Crippen molar-refractivity contribution in [2.45, 2.75) is 77.1 Å². The lowest BCUT2D eigenvalue weighted by Gasteiger charge is -2.36. The second kappa shape index (κ2) is 16.1. The van der Waals surface area contributed by atoms with Gasteiger partial charge in [0, 0.05) is 50.9 Å². The molecule has 2 atom stereocenters. The SMILES string of the molecule is CN(C(=O)[C@@H](Cc1ccc2ccccc2c1)N(C)C(=O)/C=C/CC(C)(C)NC(=O)OC(C)(C)C)[C@H](Cc1cccs1)CN(C)S(C)(=O)=O. The Balaban J connectivity index is 1.89. The van der Waals surface area contributed by atoms with Crippen LogP contribution in [0.1, 0.15) is 51.5 Å². The van der Waals surface area contributed by atoms with E-state index in [9.17, 15) is 22.8 Å². The Morgan fingerprint density at radius 3 is 2.19 bits per heavy atom. The molecule has 0 aliphatic heterocycles. The zero-order valence-corrected chi connectivity index (χ0v) is 31.2. The van der Waals surface area contributed by atoms with E-state index >= 15 is 0 Å². The van der Waals surface area contributed by atoms with Crippen molar-refractivity contribution >= 4 is 50.0 Å². The Hall–Kier alpha value is -3.74. The Kier molecular flexibility index (Phi) is 13.0. The zero-order chi connectivity index (χ0) is 35.9. The molecule has 262 valence electrons. The van der Waals surface area contributed by atoms with Gasteiger partial charge in [0.25, 0.3) is 0 Å². The standard InChI is InChI=1S/C36H50N4O6S2/c1-35(2,3)46-34(43)37-36(4,5)20-12-17-32(41)40(8)31(23-26-18-19-27-14-10-11-15-28(27)22-26)33(42)39(7)29(24-30-16-13-21-47-30)25-38(6)48(9,44)45/h10-19,21-22,29,31H,20,23-25H2,1-9H3,(H,37,43)/b17-12+/t29-,31-/m1/s1. The molecule has 0 unspecified atom stereocenters. The summed E-state index contributed by atoms with van der Waals surface area (Å²) < 4.78 is 31.4. The predicted octanol–water partition coefficient (Wildman–Crippen LogP) is 5.48. The minimum atomic E-state index is -3.50. The lowest BCUT2D eigenvalue weighted by Crippen LogP contribution is -2.54. The van der Waals surface area contributed by atoms with E-state index in [-0.39, 0.29) is 24.8 Å². The maximum absolute atomic E-state index is 14.4. The Bertz CT molecular complexity index is 1700. The summed E-state index contributed by atoms with van der Waals surface area (Å²) in [7, 11) is 1.27. The number of likely N-dealkylation sites (N-methyl/N-ethyl adjacent to an activating group) is 3. The van der Waals surface area contributed by atoms with E-state index in [2.05, 4.69) is 5.32 Å². The van der Waals surface area contributed by atoms with Crippen LogP contribution < -0.4 is 5.32 Å². The number of hydrogen-bond acceptors (Lipinski definition) is 7. The number of benzene rings is 2. The van der Waals surface area contributed by atoms with Gasteiger partial charge in [0.05, 0.1) is 12.3 Å². The van der Waals surface area contributed by atoms with Crippen LogP contribution in [0.15, 0.2) is 72.1 Å². The fraction of sp³-hybridized carbons (Fsp3) is 0.472. The van der Waals surface area contributed by atoms with E-state index in [1.54, 1.807) is 57.2 Å². The number of ether oxygens (including phenoxy) is 1. The number of sulfonamides is 1. The van der Waals surface area contributed by atoms with Crippen molar-refractivity contribution in [2.75, 3.05) is 33.9 Å². The molecule has 0 saturated heterocycles. The highest BCUT2D eigenvalue weighted by Crippen LogP contribution is 2.22. The van der Waals surface area contributed by atoms with Crippen molar-refractivity contribution in [3.8, 4) is 0 Å². The molecule has 0 bridgehead atoms. The van der Waals surface area contributed by atoms with Crippen molar-refractivity contribution < 1.29 is 27.5 Å². The molecule has 1 heterocycles. The van der Waals surface area contributed by atoms with Gasteiger partial charge in [-0.15, -0.1) is 11.3 Å². The summed E-state index contributed by atoms with van der Waals surface area (Å²) in [5.41, 5.74) is -0.453. The van der Waals surface area contributed by atoms with Crippen molar-refractivity contribution in [1.29, 1.82) is 0 Å². The lowest BCUT2D eigenvalue weighted by molar-refractivity contribution is -0.143. The number of nitrogens with zero attached hydrogens (tertiary/aromatic N) is 3. The van der Waals surface area contributed by atoms with Gasteiger partial charge in [-0.1, -0.05) is 54.6 Å². The van der Waals surface area contributed by atoms with Crippen LogP contribution in [0.5, 0.6) is 0 Å². The molecule has 0 spiro atoms. The first-order valence-electron chi connectivity index (χ1n) is 15.9. The van der Waals surface area contributed by atoms with Gasteiger partial charge in [-0.3, -0.25) is 9.59 Å². The van der Waals surface area contributed by atoms with Crippen LogP contribution in [0.4, 0.5) is 4.79 Å². The molecule has 3 aromatic rings. The van der Waals surface area contributed by atoms with E-state index in [4.69, 9.17) is 4.74 Å². The molecule has 0 aliphatic carbocycles. The molecule has 1 N–H and O–H groups in total. The molecule has 0 fully saturated rings. The highest BCUT2D eigenvalue weighted by Gasteiger charge is 2.33. The summed E-state index contributed by atoms with van der Waals surface area (Å²) in [5.74, 6) is -0.679. The first kappa shape index (κ1) is 38.7. The number of carbonyl (C=O) groups is 3. The summed E-state index contributed by atoms with van der Waals surface area (Å²) in [6.07, 6.45) is 4.74.